The fraction of sp³-hybridized carbons (Fsp3) is 0.286. The molecule has 4 nitrogen and oxygen atoms in total. The van der Waals surface area contributed by atoms with Crippen molar-refractivity contribution in [2.75, 3.05) is 12.4 Å². The van der Waals surface area contributed by atoms with Crippen LogP contribution in [0.1, 0.15) is 24.8 Å². The van der Waals surface area contributed by atoms with Gasteiger partial charge in [-0.3, -0.25) is 0 Å². The predicted molar refractivity (Wildman–Crippen MR) is 77.6 cm³/mol. The largest absolute Gasteiger partial charge is 0.478 e. The Labute approximate surface area is 114 Å². The van der Waals surface area contributed by atoms with E-state index in [9.17, 15) is 9.90 Å². The van der Waals surface area contributed by atoms with Gasteiger partial charge in [0.25, 0.3) is 0 Å². The Morgan fingerprint density at radius 2 is 2.26 bits per heavy atom. The number of allylic oxidation sites excluding steroid dienone is 1. The number of benzene rings is 1. The topological polar surface area (TPSA) is 62.2 Å². The molecule has 3 rings (SSSR count). The molecule has 1 heterocycles. The lowest BCUT2D eigenvalue weighted by Gasteiger charge is -2.04. The summed E-state index contributed by atoms with van der Waals surface area (Å²) < 4.78 is 1.09. The zero-order valence-electron chi connectivity index (χ0n) is 10.6. The van der Waals surface area contributed by atoms with E-state index >= 15 is 0 Å². The van der Waals surface area contributed by atoms with Crippen molar-refractivity contribution in [2.45, 2.75) is 19.3 Å². The summed E-state index contributed by atoms with van der Waals surface area (Å²) in [5, 5.41) is 13.1. The summed E-state index contributed by atoms with van der Waals surface area (Å²) in [5.41, 5.74) is 3.52. The molecule has 0 aliphatic heterocycles. The molecule has 0 bridgehead atoms. The highest BCUT2D eigenvalue weighted by Crippen LogP contribution is 2.36. The molecule has 0 saturated carbocycles. The molecule has 1 aromatic heterocycles. The number of aliphatic carboxylic acids is 1. The Bertz CT molecular complexity index is 688. The summed E-state index contributed by atoms with van der Waals surface area (Å²) in [6.45, 7) is 0. The van der Waals surface area contributed by atoms with Gasteiger partial charge in [-0.25, -0.2) is 9.78 Å². The van der Waals surface area contributed by atoms with Crippen molar-refractivity contribution in [3.63, 3.8) is 0 Å². The molecular formula is C14H14N2O2S. The Kier molecular flexibility index (Phi) is 2.98. The maximum Gasteiger partial charge on any atom is 0.331 e. The van der Waals surface area contributed by atoms with Crippen molar-refractivity contribution < 1.29 is 9.90 Å². The second kappa shape index (κ2) is 4.66. The third-order valence-electron chi connectivity index (χ3n) is 3.43. The van der Waals surface area contributed by atoms with E-state index in [1.165, 1.54) is 0 Å². The Morgan fingerprint density at radius 3 is 3.00 bits per heavy atom. The first-order valence-corrected chi connectivity index (χ1v) is 7.04. The highest BCUT2D eigenvalue weighted by atomic mass is 32.1. The van der Waals surface area contributed by atoms with Crippen LogP contribution in [-0.2, 0) is 4.79 Å². The van der Waals surface area contributed by atoms with Crippen LogP contribution in [-0.4, -0.2) is 23.1 Å². The molecule has 98 valence electrons. The van der Waals surface area contributed by atoms with Crippen molar-refractivity contribution in [1.29, 1.82) is 0 Å². The van der Waals surface area contributed by atoms with E-state index in [1.54, 1.807) is 11.3 Å². The maximum absolute atomic E-state index is 11.2. The lowest BCUT2D eigenvalue weighted by atomic mass is 10.0. The summed E-state index contributed by atoms with van der Waals surface area (Å²) in [7, 11) is 1.85. The molecule has 1 aliphatic carbocycles. The average Bonchev–Trinajstić information content (AvgIpc) is 3.03. The van der Waals surface area contributed by atoms with Gasteiger partial charge in [0.05, 0.1) is 10.2 Å². The molecule has 0 atom stereocenters. The molecule has 0 fully saturated rings. The number of carbonyl (C=O) groups is 1. The number of thiazole rings is 1. The Balaban J connectivity index is 2.10. The fourth-order valence-electron chi connectivity index (χ4n) is 2.52. The summed E-state index contributed by atoms with van der Waals surface area (Å²) in [6, 6.07) is 6.00. The van der Waals surface area contributed by atoms with Gasteiger partial charge >= 0.3 is 5.97 Å². The van der Waals surface area contributed by atoms with Crippen LogP contribution in [0, 0.1) is 0 Å². The number of fused-ring (bicyclic) bond motifs is 1. The number of anilines is 1. The molecule has 2 aromatic rings. The number of nitrogens with zero attached hydrogens (tertiary/aromatic N) is 1. The second-order valence-corrected chi connectivity index (χ2v) is 5.60. The van der Waals surface area contributed by atoms with Crippen molar-refractivity contribution in [3.8, 4) is 0 Å². The molecule has 2 N–H and O–H groups in total. The number of hydrogen-bond acceptors (Lipinski definition) is 4. The van der Waals surface area contributed by atoms with E-state index in [0.29, 0.717) is 12.0 Å². The van der Waals surface area contributed by atoms with Crippen LogP contribution in [0.3, 0.4) is 0 Å². The minimum atomic E-state index is -0.784. The van der Waals surface area contributed by atoms with Gasteiger partial charge in [-0.15, -0.1) is 0 Å². The molecule has 19 heavy (non-hydrogen) atoms. The lowest BCUT2D eigenvalue weighted by Crippen LogP contribution is -1.99. The van der Waals surface area contributed by atoms with Gasteiger partial charge < -0.3 is 10.4 Å². The normalized spacial score (nSPS) is 15.2. The van der Waals surface area contributed by atoms with Gasteiger partial charge in [0.2, 0.25) is 0 Å². The summed E-state index contributed by atoms with van der Waals surface area (Å²) >= 11 is 1.59. The molecule has 0 spiro atoms. The molecule has 0 amide bonds. The molecule has 1 aromatic carbocycles. The van der Waals surface area contributed by atoms with Crippen LogP contribution in [0.2, 0.25) is 0 Å². The van der Waals surface area contributed by atoms with Gasteiger partial charge in [0.15, 0.2) is 5.13 Å². The van der Waals surface area contributed by atoms with Crippen LogP contribution in [0.25, 0.3) is 15.8 Å². The quantitative estimate of drug-likeness (QED) is 0.901. The first kappa shape index (κ1) is 12.2. The van der Waals surface area contributed by atoms with Crippen LogP contribution in [0.15, 0.2) is 23.8 Å². The highest BCUT2D eigenvalue weighted by Gasteiger charge is 2.21. The minimum Gasteiger partial charge on any atom is -0.478 e. The number of nitrogens with one attached hydrogen (secondary N) is 1. The monoisotopic (exact) mass is 274 g/mol. The molecular weight excluding hydrogens is 260 g/mol. The highest BCUT2D eigenvalue weighted by molar-refractivity contribution is 7.22. The first-order chi connectivity index (χ1) is 9.19. The number of aromatic nitrogens is 1. The number of hydrogen-bond donors (Lipinski definition) is 2. The molecule has 5 heteroatoms. The van der Waals surface area contributed by atoms with Gasteiger partial charge in [-0.2, -0.15) is 0 Å². The van der Waals surface area contributed by atoms with E-state index in [-0.39, 0.29) is 0 Å². The number of carboxylic acids is 1. The standard InChI is InChI=1S/C14H14N2O2S/c1-15-14-16-11-6-5-8(7-12(11)19-14)9-3-2-4-10(9)13(17)18/h5-7H,2-4H2,1H3,(H,15,16)(H,17,18). The SMILES string of the molecule is CNc1nc2ccc(C3=C(C(=O)O)CCC3)cc2s1. The van der Waals surface area contributed by atoms with Crippen molar-refractivity contribution in [2.24, 2.45) is 0 Å². The second-order valence-electron chi connectivity index (χ2n) is 4.57. The van der Waals surface area contributed by atoms with E-state index in [2.05, 4.69) is 16.4 Å². The maximum atomic E-state index is 11.2. The molecule has 0 radical (unpaired) electrons. The third-order valence-corrected chi connectivity index (χ3v) is 4.46. The Hall–Kier alpha value is -1.88. The minimum absolute atomic E-state index is 0.567. The third kappa shape index (κ3) is 2.10. The number of rotatable bonds is 3. The Morgan fingerprint density at radius 1 is 1.42 bits per heavy atom. The van der Waals surface area contributed by atoms with E-state index in [0.717, 1.165) is 39.3 Å². The first-order valence-electron chi connectivity index (χ1n) is 6.23. The van der Waals surface area contributed by atoms with Gasteiger partial charge in [-0.05, 0) is 42.5 Å². The van der Waals surface area contributed by atoms with Crippen LogP contribution in [0.4, 0.5) is 5.13 Å². The summed E-state index contributed by atoms with van der Waals surface area (Å²) in [4.78, 5) is 15.6. The van der Waals surface area contributed by atoms with E-state index in [4.69, 9.17) is 0 Å². The van der Waals surface area contributed by atoms with Crippen LogP contribution in [0.5, 0.6) is 0 Å². The van der Waals surface area contributed by atoms with E-state index < -0.39 is 5.97 Å². The lowest BCUT2D eigenvalue weighted by molar-refractivity contribution is -0.132. The van der Waals surface area contributed by atoms with Gasteiger partial charge in [-0.1, -0.05) is 17.4 Å². The van der Waals surface area contributed by atoms with Crippen LogP contribution < -0.4 is 5.32 Å². The smallest absolute Gasteiger partial charge is 0.331 e. The molecule has 1 aliphatic rings. The average molecular weight is 274 g/mol. The van der Waals surface area contributed by atoms with Crippen LogP contribution >= 0.6 is 11.3 Å². The zero-order chi connectivity index (χ0) is 13.4. The summed E-state index contributed by atoms with van der Waals surface area (Å²) in [5.74, 6) is -0.784. The van der Waals surface area contributed by atoms with Crippen molar-refractivity contribution in [3.05, 3.63) is 29.3 Å². The van der Waals surface area contributed by atoms with Gasteiger partial charge in [0.1, 0.15) is 0 Å². The number of carboxylic acid groups (broad SMARTS) is 1. The fourth-order valence-corrected chi connectivity index (χ4v) is 3.38. The van der Waals surface area contributed by atoms with Crippen molar-refractivity contribution >= 4 is 38.2 Å². The molecule has 0 unspecified atom stereocenters. The predicted octanol–water partition coefficient (Wildman–Crippen LogP) is 3.36. The zero-order valence-corrected chi connectivity index (χ0v) is 11.4. The summed E-state index contributed by atoms with van der Waals surface area (Å²) in [6.07, 6.45) is 2.46. The van der Waals surface area contributed by atoms with Gasteiger partial charge in [0, 0.05) is 12.6 Å². The van der Waals surface area contributed by atoms with Crippen molar-refractivity contribution in [1.82, 2.24) is 4.98 Å². The molecule has 0 saturated heterocycles. The van der Waals surface area contributed by atoms with E-state index in [1.807, 2.05) is 19.2 Å².